The molecule has 0 aliphatic carbocycles. The van der Waals surface area contributed by atoms with E-state index in [2.05, 4.69) is 142 Å². The van der Waals surface area contributed by atoms with E-state index < -0.39 is 5.51 Å². The summed E-state index contributed by atoms with van der Waals surface area (Å²) in [6.07, 6.45) is 0. The normalized spacial score (nSPS) is 11.9. The second kappa shape index (κ2) is 7.88. The van der Waals surface area contributed by atoms with Gasteiger partial charge in [0.25, 0.3) is 0 Å². The first-order valence-electron chi connectivity index (χ1n) is 10.8. The third-order valence-electron chi connectivity index (χ3n) is 6.33. The molecule has 0 aromatic heterocycles. The molecule has 32 heavy (non-hydrogen) atoms. The van der Waals surface area contributed by atoms with Crippen molar-refractivity contribution < 1.29 is 0 Å². The minimum atomic E-state index is -1.89. The predicted molar refractivity (Wildman–Crippen MR) is 143 cm³/mol. The summed E-state index contributed by atoms with van der Waals surface area (Å²) in [5, 5.41) is 12.0. The third-order valence-corrected chi connectivity index (χ3v) is 13.4. The number of rotatable bonds is 3. The van der Waals surface area contributed by atoms with Gasteiger partial charge < -0.3 is 0 Å². The molecule has 0 aliphatic heterocycles. The van der Waals surface area contributed by atoms with Crippen LogP contribution in [-0.2, 0) is 0 Å². The maximum absolute atomic E-state index is 3.70. The van der Waals surface area contributed by atoms with Crippen LogP contribution in [0.5, 0.6) is 0 Å². The fourth-order valence-corrected chi connectivity index (χ4v) is 9.74. The Hall–Kier alpha value is -2.95. The molecule has 2 heteroatoms. The van der Waals surface area contributed by atoms with Crippen molar-refractivity contribution in [1.82, 2.24) is 0 Å². The van der Waals surface area contributed by atoms with Gasteiger partial charge in [-0.05, 0) is 0 Å². The summed E-state index contributed by atoms with van der Waals surface area (Å²) in [5.41, 5.74) is -1.89. The molecule has 6 aromatic carbocycles. The summed E-state index contributed by atoms with van der Waals surface area (Å²) >= 11 is 3.70. The molecule has 0 heterocycles. The van der Waals surface area contributed by atoms with Crippen molar-refractivity contribution in [2.45, 2.75) is 0 Å². The zero-order valence-electron chi connectivity index (χ0n) is 17.5. The van der Waals surface area contributed by atoms with E-state index >= 15 is 0 Å². The van der Waals surface area contributed by atoms with Gasteiger partial charge in [0.1, 0.15) is 0 Å². The minimum absolute atomic E-state index is 1.32. The Morgan fingerprint density at radius 3 is 1.19 bits per heavy atom. The topological polar surface area (TPSA) is 0 Å². The molecule has 0 aliphatic rings. The number of fused-ring (bicyclic) bond motifs is 6. The van der Waals surface area contributed by atoms with Gasteiger partial charge in [-0.1, -0.05) is 0 Å². The van der Waals surface area contributed by atoms with Gasteiger partial charge in [-0.25, -0.2) is 0 Å². The van der Waals surface area contributed by atoms with Crippen LogP contribution in [0.4, 0.5) is 0 Å². The van der Waals surface area contributed by atoms with Crippen LogP contribution in [0.1, 0.15) is 0 Å². The first kappa shape index (κ1) is 19.7. The molecule has 0 fully saturated rings. The molecule has 0 unspecified atom stereocenters. The summed E-state index contributed by atoms with van der Waals surface area (Å²) in [6, 6.07) is 46.5. The van der Waals surface area contributed by atoms with Gasteiger partial charge in [0, 0.05) is 0 Å². The van der Waals surface area contributed by atoms with Crippen molar-refractivity contribution in [3.05, 3.63) is 127 Å². The number of benzene rings is 6. The Morgan fingerprint density at radius 1 is 0.344 bits per heavy atom. The number of hydrogen-bond donors (Lipinski definition) is 0. The molecule has 0 saturated carbocycles. The average molecular weight is 491 g/mol. The van der Waals surface area contributed by atoms with E-state index in [1.54, 1.807) is 0 Å². The van der Waals surface area contributed by atoms with Gasteiger partial charge in [-0.2, -0.15) is 0 Å². The Labute approximate surface area is 195 Å². The van der Waals surface area contributed by atoms with E-state index in [1.165, 1.54) is 48.2 Å². The SMILES string of the molecule is [Se]=P(c1ccccc1)(c1ccccc1)c1ccc2c3ccccc3c3ccccc3c2c1. The molecule has 0 N–H and O–H groups in total. The monoisotopic (exact) mass is 492 g/mol. The van der Waals surface area contributed by atoms with Crippen LogP contribution in [0.3, 0.4) is 0 Å². The summed E-state index contributed by atoms with van der Waals surface area (Å²) in [4.78, 5) is 0. The van der Waals surface area contributed by atoms with Crippen LogP contribution >= 0.6 is 5.51 Å². The van der Waals surface area contributed by atoms with Gasteiger partial charge in [0.2, 0.25) is 0 Å². The van der Waals surface area contributed by atoms with Crippen molar-refractivity contribution in [3.8, 4) is 0 Å². The standard InChI is InChI=1S/C30H21PSe/c32-31(22-11-3-1-4-12-22,23-13-5-2-6-14-23)24-19-20-29-27-17-8-7-15-25(27)26-16-9-10-18-28(26)30(29)21-24/h1-21H. The third kappa shape index (κ3) is 3.01. The van der Waals surface area contributed by atoms with Gasteiger partial charge in [-0.15, -0.1) is 0 Å². The van der Waals surface area contributed by atoms with E-state index in [1.807, 2.05) is 0 Å². The first-order chi connectivity index (χ1) is 15.8. The summed E-state index contributed by atoms with van der Waals surface area (Å²) in [7, 11) is 0. The van der Waals surface area contributed by atoms with Crippen LogP contribution in [-0.4, -0.2) is 15.1 Å². The van der Waals surface area contributed by atoms with E-state index in [0.717, 1.165) is 0 Å². The second-order valence-electron chi connectivity index (χ2n) is 8.10. The van der Waals surface area contributed by atoms with Crippen LogP contribution < -0.4 is 15.9 Å². The van der Waals surface area contributed by atoms with E-state index in [9.17, 15) is 0 Å². The van der Waals surface area contributed by atoms with E-state index in [4.69, 9.17) is 0 Å². The van der Waals surface area contributed by atoms with Crippen LogP contribution in [0.2, 0.25) is 0 Å². The van der Waals surface area contributed by atoms with Crippen LogP contribution in [0, 0.1) is 0 Å². The first-order valence-corrected chi connectivity index (χ1v) is 14.8. The van der Waals surface area contributed by atoms with Crippen molar-refractivity contribution in [3.63, 3.8) is 0 Å². The summed E-state index contributed by atoms with van der Waals surface area (Å²) in [6.45, 7) is 0. The molecule has 6 rings (SSSR count). The molecule has 6 aromatic rings. The molecule has 0 spiro atoms. The molecular formula is C30H21PSe. The Morgan fingerprint density at radius 2 is 0.719 bits per heavy atom. The summed E-state index contributed by atoms with van der Waals surface area (Å²) < 4.78 is 0. The Balaban J connectivity index is 1.73. The number of hydrogen-bond acceptors (Lipinski definition) is 0. The van der Waals surface area contributed by atoms with Crippen LogP contribution in [0.15, 0.2) is 127 Å². The molecule has 0 nitrogen and oxygen atoms in total. The zero-order chi connectivity index (χ0) is 21.5. The summed E-state index contributed by atoms with van der Waals surface area (Å²) in [5.74, 6) is 0. The maximum atomic E-state index is 3.70. The second-order valence-corrected chi connectivity index (χ2v) is 14.3. The fraction of sp³-hybridized carbons (Fsp3) is 0. The van der Waals surface area contributed by atoms with E-state index in [-0.39, 0.29) is 0 Å². The predicted octanol–water partition coefficient (Wildman–Crippen LogP) is 6.52. The van der Waals surface area contributed by atoms with Crippen molar-refractivity contribution in [2.24, 2.45) is 0 Å². The molecule has 0 radical (unpaired) electrons. The van der Waals surface area contributed by atoms with Crippen molar-refractivity contribution >= 4 is 68.8 Å². The molecule has 0 amide bonds. The molecule has 0 atom stereocenters. The zero-order valence-corrected chi connectivity index (χ0v) is 20.1. The molecule has 152 valence electrons. The van der Waals surface area contributed by atoms with Crippen molar-refractivity contribution in [1.29, 1.82) is 0 Å². The molecule has 0 bridgehead atoms. The molecule has 0 saturated heterocycles. The van der Waals surface area contributed by atoms with Gasteiger partial charge >= 0.3 is 196 Å². The fourth-order valence-electron chi connectivity index (χ4n) is 4.81. The van der Waals surface area contributed by atoms with Gasteiger partial charge in [0.05, 0.1) is 0 Å². The van der Waals surface area contributed by atoms with Crippen molar-refractivity contribution in [2.75, 3.05) is 0 Å². The van der Waals surface area contributed by atoms with Gasteiger partial charge in [-0.3, -0.25) is 0 Å². The van der Waals surface area contributed by atoms with E-state index in [0.29, 0.717) is 0 Å². The quantitative estimate of drug-likeness (QED) is 0.150. The van der Waals surface area contributed by atoms with Crippen LogP contribution in [0.25, 0.3) is 32.3 Å². The Bertz CT molecular complexity index is 1560. The van der Waals surface area contributed by atoms with Gasteiger partial charge in [0.15, 0.2) is 0 Å². The average Bonchev–Trinajstić information content (AvgIpc) is 2.89. The molecular weight excluding hydrogens is 470 g/mol. The Kier molecular flexibility index (Phi) is 4.85.